The maximum absolute atomic E-state index is 13.2. The first-order valence-electron chi connectivity index (χ1n) is 9.74. The van der Waals surface area contributed by atoms with Crippen molar-refractivity contribution in [3.8, 4) is 0 Å². The number of halogens is 1. The van der Waals surface area contributed by atoms with Gasteiger partial charge in [-0.15, -0.1) is 0 Å². The van der Waals surface area contributed by atoms with Crippen molar-refractivity contribution in [1.82, 2.24) is 20.9 Å². The van der Waals surface area contributed by atoms with Crippen LogP contribution in [0.2, 0.25) is 5.02 Å². The molecule has 0 spiro atoms. The van der Waals surface area contributed by atoms with Crippen LogP contribution in [-0.2, 0) is 12.8 Å². The topological polar surface area (TPSA) is 70.4 Å². The van der Waals surface area contributed by atoms with Gasteiger partial charge >= 0.3 is 0 Å². The largest absolute Gasteiger partial charge is 0.360 e. The molecule has 142 valence electrons. The molecule has 1 aromatic carbocycles. The Balaban J connectivity index is 1.38. The van der Waals surface area contributed by atoms with E-state index in [-0.39, 0.29) is 17.9 Å². The third-order valence-electron chi connectivity index (χ3n) is 6.19. The number of hydrogen-bond donors (Lipinski definition) is 2. The molecule has 2 aromatic rings. The minimum Gasteiger partial charge on any atom is -0.360 e. The molecule has 0 radical (unpaired) electrons. The van der Waals surface area contributed by atoms with Crippen LogP contribution in [0.4, 0.5) is 0 Å². The van der Waals surface area contributed by atoms with E-state index in [1.54, 1.807) is 0 Å². The van der Waals surface area contributed by atoms with Crippen molar-refractivity contribution < 1.29 is 9.32 Å². The van der Waals surface area contributed by atoms with Crippen molar-refractivity contribution in [2.45, 2.75) is 44.2 Å². The Kier molecular flexibility index (Phi) is 4.42. The monoisotopic (exact) mass is 386 g/mol. The van der Waals surface area contributed by atoms with Crippen molar-refractivity contribution in [3.05, 3.63) is 51.9 Å². The number of aryl methyl sites for hydroxylation is 1. The molecule has 5 rings (SSSR count). The zero-order valence-electron chi connectivity index (χ0n) is 15.1. The van der Waals surface area contributed by atoms with Crippen LogP contribution >= 0.6 is 11.6 Å². The first-order chi connectivity index (χ1) is 13.2. The van der Waals surface area contributed by atoms with Crippen LogP contribution in [0.5, 0.6) is 0 Å². The second kappa shape index (κ2) is 6.93. The summed E-state index contributed by atoms with van der Waals surface area (Å²) in [5.74, 6) is 1.17. The number of nitrogens with zero attached hydrogens (tertiary/aromatic N) is 2. The quantitative estimate of drug-likeness (QED) is 0.830. The van der Waals surface area contributed by atoms with Gasteiger partial charge in [-0.1, -0.05) is 35.0 Å². The smallest absolute Gasteiger partial charge is 0.276 e. The lowest BCUT2D eigenvalue weighted by Gasteiger charge is -2.36. The zero-order valence-corrected chi connectivity index (χ0v) is 15.8. The number of carbonyl (C=O) groups excluding carboxylic acids is 1. The van der Waals surface area contributed by atoms with E-state index < -0.39 is 0 Å². The van der Waals surface area contributed by atoms with Crippen LogP contribution in [0.25, 0.3) is 0 Å². The normalized spacial score (nSPS) is 27.3. The van der Waals surface area contributed by atoms with Crippen LogP contribution < -0.4 is 10.9 Å². The van der Waals surface area contributed by atoms with Gasteiger partial charge in [0, 0.05) is 42.1 Å². The molecule has 7 heteroatoms. The standard InChI is InChI=1S/C20H23ClN4O2/c21-15-7-3-1-5-12(15)18-14-11-25(10-9-16(14)22-23-18)20(26)19-13-6-2-4-8-17(13)27-24-19/h1,3,5,7,14,16,18,22-23H,2,4,6,8-11H2. The number of hydrogen-bond acceptors (Lipinski definition) is 5. The minimum absolute atomic E-state index is 0.00478. The molecule has 3 atom stereocenters. The van der Waals surface area contributed by atoms with Gasteiger partial charge in [0.1, 0.15) is 5.76 Å². The molecule has 0 bridgehead atoms. The summed E-state index contributed by atoms with van der Waals surface area (Å²) >= 11 is 6.42. The Bertz CT molecular complexity index is 867. The fourth-order valence-corrected chi connectivity index (χ4v) is 4.98. The first kappa shape index (κ1) is 17.2. The number of likely N-dealkylation sites (tertiary alicyclic amines) is 1. The van der Waals surface area contributed by atoms with E-state index in [2.05, 4.69) is 22.1 Å². The predicted octanol–water partition coefficient (Wildman–Crippen LogP) is 2.89. The van der Waals surface area contributed by atoms with Gasteiger partial charge in [-0.2, -0.15) is 0 Å². The van der Waals surface area contributed by atoms with Crippen LogP contribution in [0.3, 0.4) is 0 Å². The lowest BCUT2D eigenvalue weighted by Crippen LogP contribution is -2.48. The highest BCUT2D eigenvalue weighted by Gasteiger charge is 2.43. The lowest BCUT2D eigenvalue weighted by molar-refractivity contribution is 0.0641. The van der Waals surface area contributed by atoms with Gasteiger partial charge in [0.2, 0.25) is 0 Å². The summed E-state index contributed by atoms with van der Waals surface area (Å²) in [7, 11) is 0. The molecule has 6 nitrogen and oxygen atoms in total. The van der Waals surface area contributed by atoms with Gasteiger partial charge in [-0.3, -0.25) is 10.2 Å². The molecule has 1 aliphatic carbocycles. The third kappa shape index (κ3) is 2.96. The second-order valence-corrected chi connectivity index (χ2v) is 8.15. The molecule has 3 heterocycles. The van der Waals surface area contributed by atoms with E-state index in [1.807, 2.05) is 23.1 Å². The average Bonchev–Trinajstić information content (AvgIpc) is 3.31. The number of rotatable bonds is 2. The summed E-state index contributed by atoms with van der Waals surface area (Å²) in [6, 6.07) is 8.34. The number of carbonyl (C=O) groups is 1. The third-order valence-corrected chi connectivity index (χ3v) is 6.53. The highest BCUT2D eigenvalue weighted by atomic mass is 35.5. The number of aromatic nitrogens is 1. The summed E-state index contributed by atoms with van der Waals surface area (Å²) < 4.78 is 5.45. The van der Waals surface area contributed by atoms with E-state index >= 15 is 0 Å². The fraction of sp³-hybridized carbons (Fsp3) is 0.500. The van der Waals surface area contributed by atoms with Crippen LogP contribution in [0.1, 0.15) is 52.7 Å². The van der Waals surface area contributed by atoms with E-state index in [4.69, 9.17) is 16.1 Å². The van der Waals surface area contributed by atoms with Gasteiger partial charge in [0.05, 0.1) is 6.04 Å². The molecule has 0 saturated carbocycles. The summed E-state index contributed by atoms with van der Waals surface area (Å²) in [5.41, 5.74) is 9.42. The molecular weight excluding hydrogens is 364 g/mol. The highest BCUT2D eigenvalue weighted by Crippen LogP contribution is 2.37. The molecule has 2 N–H and O–H groups in total. The van der Waals surface area contributed by atoms with E-state index in [0.717, 1.165) is 60.6 Å². The molecule has 2 fully saturated rings. The maximum Gasteiger partial charge on any atom is 0.276 e. The molecule has 2 aliphatic heterocycles. The molecule has 3 aliphatic rings. The number of piperidine rings is 1. The van der Waals surface area contributed by atoms with Crippen molar-refractivity contribution in [2.75, 3.05) is 13.1 Å². The van der Waals surface area contributed by atoms with Gasteiger partial charge in [0.15, 0.2) is 5.69 Å². The number of fused-ring (bicyclic) bond motifs is 2. The molecular formula is C20H23ClN4O2. The van der Waals surface area contributed by atoms with Gasteiger partial charge < -0.3 is 9.42 Å². The number of amides is 1. The summed E-state index contributed by atoms with van der Waals surface area (Å²) in [6.07, 6.45) is 4.90. The molecule has 2 saturated heterocycles. The Labute approximate surface area is 163 Å². The van der Waals surface area contributed by atoms with Crippen molar-refractivity contribution >= 4 is 17.5 Å². The highest BCUT2D eigenvalue weighted by molar-refractivity contribution is 6.31. The Morgan fingerprint density at radius 1 is 1.22 bits per heavy atom. The Morgan fingerprint density at radius 3 is 2.96 bits per heavy atom. The number of benzene rings is 1. The van der Waals surface area contributed by atoms with E-state index in [0.29, 0.717) is 18.3 Å². The predicted molar refractivity (Wildman–Crippen MR) is 101 cm³/mol. The SMILES string of the molecule is O=C(c1noc2c1CCCC2)N1CCC2NNC(c3ccccc3Cl)C2C1. The number of hydrazine groups is 1. The Morgan fingerprint density at radius 2 is 2.07 bits per heavy atom. The van der Waals surface area contributed by atoms with Crippen LogP contribution in [-0.4, -0.2) is 35.1 Å². The van der Waals surface area contributed by atoms with Gasteiger partial charge in [0.25, 0.3) is 5.91 Å². The van der Waals surface area contributed by atoms with Crippen molar-refractivity contribution in [2.24, 2.45) is 5.92 Å². The summed E-state index contributed by atoms with van der Waals surface area (Å²) in [4.78, 5) is 15.1. The average molecular weight is 387 g/mol. The second-order valence-electron chi connectivity index (χ2n) is 7.74. The summed E-state index contributed by atoms with van der Waals surface area (Å²) in [6.45, 7) is 1.41. The van der Waals surface area contributed by atoms with Gasteiger partial charge in [-0.25, -0.2) is 5.43 Å². The Hall–Kier alpha value is -1.89. The van der Waals surface area contributed by atoms with Gasteiger partial charge in [-0.05, 0) is 37.3 Å². The van der Waals surface area contributed by atoms with Crippen molar-refractivity contribution in [1.29, 1.82) is 0 Å². The van der Waals surface area contributed by atoms with E-state index in [1.165, 1.54) is 0 Å². The van der Waals surface area contributed by atoms with Crippen molar-refractivity contribution in [3.63, 3.8) is 0 Å². The lowest BCUT2D eigenvalue weighted by atomic mass is 9.85. The minimum atomic E-state index is 0.00478. The van der Waals surface area contributed by atoms with E-state index in [9.17, 15) is 4.79 Å². The molecule has 3 unspecified atom stereocenters. The fourth-order valence-electron chi connectivity index (χ4n) is 4.73. The first-order valence-corrected chi connectivity index (χ1v) is 10.1. The van der Waals surface area contributed by atoms with Crippen LogP contribution in [0, 0.1) is 5.92 Å². The van der Waals surface area contributed by atoms with Crippen LogP contribution in [0.15, 0.2) is 28.8 Å². The zero-order chi connectivity index (χ0) is 18.4. The number of nitrogens with one attached hydrogen (secondary N) is 2. The maximum atomic E-state index is 13.2. The molecule has 1 aromatic heterocycles. The molecule has 1 amide bonds. The molecule has 27 heavy (non-hydrogen) atoms. The summed E-state index contributed by atoms with van der Waals surface area (Å²) in [5, 5.41) is 4.89.